The summed E-state index contributed by atoms with van der Waals surface area (Å²) in [5.41, 5.74) is 1.01. The summed E-state index contributed by atoms with van der Waals surface area (Å²) < 4.78 is 13.7. The Morgan fingerprint density at radius 1 is 1.20 bits per heavy atom. The van der Waals surface area contributed by atoms with Crippen molar-refractivity contribution in [2.75, 3.05) is 5.32 Å². The molecule has 4 nitrogen and oxygen atoms in total. The van der Waals surface area contributed by atoms with Gasteiger partial charge in [0.25, 0.3) is 0 Å². The summed E-state index contributed by atoms with van der Waals surface area (Å²) in [5.74, 6) is 0.403. The number of carbonyl (C=O) groups excluding carboxylic acids is 1. The lowest BCUT2D eigenvalue weighted by atomic mass is 10.2. The highest BCUT2D eigenvalue weighted by molar-refractivity contribution is 8.00. The molecule has 1 aromatic carbocycles. The Balaban J connectivity index is 1.41. The van der Waals surface area contributed by atoms with Crippen LogP contribution >= 0.6 is 34.4 Å². The van der Waals surface area contributed by atoms with Crippen LogP contribution in [0.15, 0.2) is 46.1 Å². The van der Waals surface area contributed by atoms with Gasteiger partial charge >= 0.3 is 0 Å². The summed E-state index contributed by atoms with van der Waals surface area (Å²) in [6.07, 6.45) is 2.20. The number of hydrogen-bond acceptors (Lipinski definition) is 6. The van der Waals surface area contributed by atoms with Crippen LogP contribution < -0.4 is 5.32 Å². The first-order valence-electron chi connectivity index (χ1n) is 7.72. The van der Waals surface area contributed by atoms with Crippen molar-refractivity contribution in [2.45, 2.75) is 29.4 Å². The number of carbonyl (C=O) groups is 1. The quantitative estimate of drug-likeness (QED) is 0.433. The summed E-state index contributed by atoms with van der Waals surface area (Å²) in [4.78, 5) is 13.2. The van der Waals surface area contributed by atoms with Crippen molar-refractivity contribution in [3.05, 3.63) is 58.0 Å². The van der Waals surface area contributed by atoms with Crippen LogP contribution in [0.4, 0.5) is 9.52 Å². The number of hydrogen-bond donors (Lipinski definition) is 1. The third-order valence-corrected chi connectivity index (χ3v) is 6.31. The van der Waals surface area contributed by atoms with E-state index in [2.05, 4.69) is 21.6 Å². The summed E-state index contributed by atoms with van der Waals surface area (Å²) in [5, 5.41) is 13.4. The molecule has 0 saturated heterocycles. The fourth-order valence-corrected chi connectivity index (χ4v) is 4.58. The van der Waals surface area contributed by atoms with Crippen molar-refractivity contribution in [1.29, 1.82) is 0 Å². The third kappa shape index (κ3) is 5.91. The number of thioether (sulfide) groups is 1. The van der Waals surface area contributed by atoms with E-state index < -0.39 is 0 Å². The summed E-state index contributed by atoms with van der Waals surface area (Å²) in [7, 11) is 0. The third-order valence-electron chi connectivity index (χ3n) is 3.34. The van der Waals surface area contributed by atoms with Crippen LogP contribution in [0.1, 0.15) is 23.3 Å². The Labute approximate surface area is 157 Å². The normalized spacial score (nSPS) is 10.8. The van der Waals surface area contributed by atoms with Crippen LogP contribution in [0, 0.1) is 5.82 Å². The maximum atomic E-state index is 12.9. The van der Waals surface area contributed by atoms with Gasteiger partial charge < -0.3 is 5.32 Å². The van der Waals surface area contributed by atoms with Crippen molar-refractivity contribution in [2.24, 2.45) is 0 Å². The van der Waals surface area contributed by atoms with Gasteiger partial charge in [0, 0.05) is 17.1 Å². The van der Waals surface area contributed by atoms with Crippen LogP contribution in [0.25, 0.3) is 0 Å². The van der Waals surface area contributed by atoms with Crippen molar-refractivity contribution in [3.63, 3.8) is 0 Å². The second kappa shape index (κ2) is 9.07. The standard InChI is InChI=1S/C17H16FN3OS3/c18-13-8-6-12(7-9-13)11-24-17-21-20-16(25-17)19-15(22)5-1-3-14-4-2-10-23-14/h2,4,6-10H,1,3,5,11H2,(H,19,20,22). The molecule has 0 spiro atoms. The number of rotatable bonds is 8. The molecule has 0 unspecified atom stereocenters. The Morgan fingerprint density at radius 3 is 2.80 bits per heavy atom. The van der Waals surface area contributed by atoms with E-state index in [1.165, 1.54) is 40.1 Å². The van der Waals surface area contributed by atoms with Crippen molar-refractivity contribution >= 4 is 45.5 Å². The zero-order chi connectivity index (χ0) is 17.5. The topological polar surface area (TPSA) is 54.9 Å². The van der Waals surface area contributed by atoms with E-state index in [-0.39, 0.29) is 11.7 Å². The minimum Gasteiger partial charge on any atom is -0.301 e. The Hall–Kier alpha value is -1.77. The van der Waals surface area contributed by atoms with E-state index in [0.29, 0.717) is 17.3 Å². The fourth-order valence-electron chi connectivity index (χ4n) is 2.10. The molecule has 0 aliphatic rings. The number of aryl methyl sites for hydroxylation is 1. The zero-order valence-electron chi connectivity index (χ0n) is 13.3. The zero-order valence-corrected chi connectivity index (χ0v) is 15.7. The molecule has 25 heavy (non-hydrogen) atoms. The molecule has 8 heteroatoms. The SMILES string of the molecule is O=C(CCCc1cccs1)Nc1nnc(SCc2ccc(F)cc2)s1. The molecule has 3 aromatic rings. The monoisotopic (exact) mass is 393 g/mol. The smallest absolute Gasteiger partial charge is 0.226 e. The molecular weight excluding hydrogens is 377 g/mol. The van der Waals surface area contributed by atoms with Crippen molar-refractivity contribution in [3.8, 4) is 0 Å². The summed E-state index contributed by atoms with van der Waals surface area (Å²) in [6, 6.07) is 10.5. The van der Waals surface area contributed by atoms with Crippen molar-refractivity contribution < 1.29 is 9.18 Å². The molecule has 1 amide bonds. The second-order valence-corrected chi connectivity index (χ2v) is 8.50. The number of nitrogens with one attached hydrogen (secondary N) is 1. The number of nitrogens with zero attached hydrogens (tertiary/aromatic N) is 2. The molecule has 130 valence electrons. The van der Waals surface area contributed by atoms with E-state index in [1.807, 2.05) is 11.4 Å². The molecule has 1 N–H and O–H groups in total. The number of anilines is 1. The molecule has 0 radical (unpaired) electrons. The van der Waals surface area contributed by atoms with Gasteiger partial charge in [-0.05, 0) is 42.0 Å². The van der Waals surface area contributed by atoms with Gasteiger partial charge in [-0.25, -0.2) is 4.39 Å². The number of thiophene rings is 1. The lowest BCUT2D eigenvalue weighted by Gasteiger charge is -2.00. The fraction of sp³-hybridized carbons (Fsp3) is 0.235. The molecule has 2 aromatic heterocycles. The van der Waals surface area contributed by atoms with Gasteiger partial charge in [0.15, 0.2) is 4.34 Å². The van der Waals surface area contributed by atoms with E-state index in [0.717, 1.165) is 22.7 Å². The van der Waals surface area contributed by atoms with Crippen LogP contribution in [0.2, 0.25) is 0 Å². The van der Waals surface area contributed by atoms with Crippen LogP contribution in [0.3, 0.4) is 0 Å². The van der Waals surface area contributed by atoms with Crippen LogP contribution in [-0.2, 0) is 17.0 Å². The maximum absolute atomic E-state index is 12.9. The first-order valence-corrected chi connectivity index (χ1v) is 10.4. The van der Waals surface area contributed by atoms with Gasteiger partial charge in [0.05, 0.1) is 0 Å². The molecule has 3 rings (SSSR count). The molecule has 0 saturated carbocycles. The van der Waals surface area contributed by atoms with Gasteiger partial charge in [-0.1, -0.05) is 41.3 Å². The number of amides is 1. The van der Waals surface area contributed by atoms with E-state index >= 15 is 0 Å². The number of aromatic nitrogens is 2. The highest BCUT2D eigenvalue weighted by Crippen LogP contribution is 2.28. The highest BCUT2D eigenvalue weighted by Gasteiger charge is 2.09. The average molecular weight is 394 g/mol. The number of halogens is 1. The van der Waals surface area contributed by atoms with Crippen LogP contribution in [-0.4, -0.2) is 16.1 Å². The average Bonchev–Trinajstić information content (AvgIpc) is 3.26. The minimum absolute atomic E-state index is 0.0391. The van der Waals surface area contributed by atoms with E-state index in [9.17, 15) is 9.18 Å². The predicted molar refractivity (Wildman–Crippen MR) is 102 cm³/mol. The summed E-state index contributed by atoms with van der Waals surface area (Å²) >= 11 is 4.58. The molecule has 0 aliphatic heterocycles. The van der Waals surface area contributed by atoms with E-state index in [4.69, 9.17) is 0 Å². The van der Waals surface area contributed by atoms with E-state index in [1.54, 1.807) is 23.5 Å². The Kier molecular flexibility index (Phi) is 6.55. The molecule has 0 aliphatic carbocycles. The van der Waals surface area contributed by atoms with Gasteiger partial charge in [0.2, 0.25) is 11.0 Å². The van der Waals surface area contributed by atoms with Crippen LogP contribution in [0.5, 0.6) is 0 Å². The molecular formula is C17H16FN3OS3. The molecule has 2 heterocycles. The maximum Gasteiger partial charge on any atom is 0.226 e. The number of benzene rings is 1. The van der Waals surface area contributed by atoms with Gasteiger partial charge in [0.1, 0.15) is 5.82 Å². The molecule has 0 atom stereocenters. The Bertz CT molecular complexity index is 803. The lowest BCUT2D eigenvalue weighted by Crippen LogP contribution is -2.11. The largest absolute Gasteiger partial charge is 0.301 e. The molecule has 0 fully saturated rings. The van der Waals surface area contributed by atoms with Crippen molar-refractivity contribution in [1.82, 2.24) is 10.2 Å². The van der Waals surface area contributed by atoms with Gasteiger partial charge in [-0.3, -0.25) is 4.79 Å². The highest BCUT2D eigenvalue weighted by atomic mass is 32.2. The lowest BCUT2D eigenvalue weighted by molar-refractivity contribution is -0.116. The summed E-state index contributed by atoms with van der Waals surface area (Å²) in [6.45, 7) is 0. The first kappa shape index (κ1) is 18.0. The van der Waals surface area contributed by atoms with Gasteiger partial charge in [-0.15, -0.1) is 21.5 Å². The molecule has 0 bridgehead atoms. The predicted octanol–water partition coefficient (Wildman–Crippen LogP) is 4.99. The first-order chi connectivity index (χ1) is 12.2. The minimum atomic E-state index is -0.242. The Morgan fingerprint density at radius 2 is 2.04 bits per heavy atom. The second-order valence-electron chi connectivity index (χ2n) is 5.27. The van der Waals surface area contributed by atoms with Gasteiger partial charge in [-0.2, -0.15) is 0 Å².